The van der Waals surface area contributed by atoms with Crippen molar-refractivity contribution in [2.24, 2.45) is 11.7 Å². The zero-order valence-electron chi connectivity index (χ0n) is 5.89. The summed E-state index contributed by atoms with van der Waals surface area (Å²) < 4.78 is 23.4. The average molecular weight is 149 g/mol. The highest BCUT2D eigenvalue weighted by molar-refractivity contribution is 4.74. The minimum absolute atomic E-state index is 0.0995. The lowest BCUT2D eigenvalue weighted by atomic mass is 10.0. The lowest BCUT2D eigenvalue weighted by molar-refractivity contribution is 0.116. The van der Waals surface area contributed by atoms with Gasteiger partial charge in [0, 0.05) is 6.42 Å². The van der Waals surface area contributed by atoms with Gasteiger partial charge in [0.1, 0.15) is 0 Å². The molecule has 2 N–H and O–H groups in total. The molecule has 0 aliphatic heterocycles. The minimum atomic E-state index is -2.24. The van der Waals surface area contributed by atoms with Crippen LogP contribution in [0.2, 0.25) is 0 Å². The third-order valence-electron chi connectivity index (χ3n) is 1.34. The van der Waals surface area contributed by atoms with Crippen molar-refractivity contribution in [2.75, 3.05) is 6.54 Å². The summed E-state index contributed by atoms with van der Waals surface area (Å²) in [4.78, 5) is 0. The van der Waals surface area contributed by atoms with Crippen molar-refractivity contribution >= 4 is 0 Å². The maximum Gasteiger partial charge on any atom is 0.239 e. The van der Waals surface area contributed by atoms with Crippen LogP contribution < -0.4 is 5.73 Å². The van der Waals surface area contributed by atoms with Gasteiger partial charge < -0.3 is 5.73 Å². The number of hydrogen-bond acceptors (Lipinski definition) is 1. The fourth-order valence-corrected chi connectivity index (χ4v) is 0.776. The van der Waals surface area contributed by atoms with Crippen molar-refractivity contribution in [1.82, 2.24) is 0 Å². The normalized spacial score (nSPS) is 13.6. The molecule has 0 rings (SSSR count). The molecule has 0 bridgehead atoms. The number of nitrogens with two attached hydrogens (primary N) is 1. The number of halogens is 2. The molecule has 0 radical (unpaired) electrons. The van der Waals surface area contributed by atoms with E-state index in [1.54, 1.807) is 6.08 Å². The molecule has 0 saturated heterocycles. The Morgan fingerprint density at radius 3 is 2.40 bits per heavy atom. The average Bonchev–Trinajstić information content (AvgIpc) is 1.86. The van der Waals surface area contributed by atoms with Crippen LogP contribution in [0.3, 0.4) is 0 Å². The van der Waals surface area contributed by atoms with Gasteiger partial charge in [0.05, 0.1) is 0 Å². The van der Waals surface area contributed by atoms with Gasteiger partial charge in [-0.25, -0.2) is 8.78 Å². The molecule has 0 spiro atoms. The van der Waals surface area contributed by atoms with E-state index >= 15 is 0 Å². The van der Waals surface area contributed by atoms with Crippen molar-refractivity contribution < 1.29 is 8.78 Å². The molecule has 0 heterocycles. The van der Waals surface area contributed by atoms with Crippen molar-refractivity contribution in [3.05, 3.63) is 12.7 Å². The van der Waals surface area contributed by atoms with Crippen LogP contribution in [0.4, 0.5) is 8.78 Å². The summed E-state index contributed by atoms with van der Waals surface area (Å²) >= 11 is 0. The lowest BCUT2D eigenvalue weighted by Crippen LogP contribution is -2.16. The van der Waals surface area contributed by atoms with E-state index in [-0.39, 0.29) is 12.3 Å². The Morgan fingerprint density at radius 2 is 2.10 bits per heavy atom. The van der Waals surface area contributed by atoms with Crippen LogP contribution in [0.5, 0.6) is 0 Å². The maximum atomic E-state index is 11.7. The molecular formula is C7H13F2N. The number of alkyl halides is 2. The molecule has 1 atom stereocenters. The van der Waals surface area contributed by atoms with Crippen LogP contribution >= 0.6 is 0 Å². The van der Waals surface area contributed by atoms with Gasteiger partial charge in [-0.1, -0.05) is 6.08 Å². The predicted octanol–water partition coefficient (Wildman–Crippen LogP) is 1.79. The summed E-state index contributed by atoms with van der Waals surface area (Å²) in [5.74, 6) is -0.0995. The highest BCUT2D eigenvalue weighted by Crippen LogP contribution is 2.13. The molecular weight excluding hydrogens is 136 g/mol. The number of rotatable bonds is 5. The third kappa shape index (κ3) is 4.44. The standard InChI is InChI=1S/C7H13F2N/c1-2-3-6(5-10)4-7(8)9/h2,6-7H,1,3-5,10H2. The first-order valence-electron chi connectivity index (χ1n) is 3.29. The maximum absolute atomic E-state index is 11.7. The second kappa shape index (κ2) is 5.35. The van der Waals surface area contributed by atoms with E-state index in [0.29, 0.717) is 13.0 Å². The van der Waals surface area contributed by atoms with Gasteiger partial charge >= 0.3 is 0 Å². The summed E-state index contributed by atoms with van der Waals surface area (Å²) in [5.41, 5.74) is 5.23. The molecule has 1 nitrogen and oxygen atoms in total. The zero-order valence-corrected chi connectivity index (χ0v) is 5.89. The van der Waals surface area contributed by atoms with Crippen LogP contribution in [0, 0.1) is 5.92 Å². The molecule has 0 aliphatic rings. The van der Waals surface area contributed by atoms with Crippen LogP contribution in [-0.2, 0) is 0 Å². The van der Waals surface area contributed by atoms with Gasteiger partial charge in [-0.3, -0.25) is 0 Å². The summed E-state index contributed by atoms with van der Waals surface area (Å²) in [6.45, 7) is 3.77. The second-order valence-electron chi connectivity index (χ2n) is 2.25. The van der Waals surface area contributed by atoms with E-state index in [2.05, 4.69) is 6.58 Å². The molecule has 3 heteroatoms. The molecule has 0 saturated carbocycles. The summed E-state index contributed by atoms with van der Waals surface area (Å²) in [6.07, 6.45) is -0.142. The van der Waals surface area contributed by atoms with Crippen LogP contribution in [0.15, 0.2) is 12.7 Å². The first kappa shape index (κ1) is 9.56. The van der Waals surface area contributed by atoms with Gasteiger partial charge in [0.25, 0.3) is 0 Å². The molecule has 1 unspecified atom stereocenters. The predicted molar refractivity (Wildman–Crippen MR) is 38.0 cm³/mol. The molecule has 0 aromatic carbocycles. The first-order chi connectivity index (χ1) is 4.70. The topological polar surface area (TPSA) is 26.0 Å². The second-order valence-corrected chi connectivity index (χ2v) is 2.25. The third-order valence-corrected chi connectivity index (χ3v) is 1.34. The fraction of sp³-hybridized carbons (Fsp3) is 0.714. The van der Waals surface area contributed by atoms with Gasteiger partial charge in [0.2, 0.25) is 6.43 Å². The summed E-state index contributed by atoms with van der Waals surface area (Å²) in [7, 11) is 0. The Morgan fingerprint density at radius 1 is 1.50 bits per heavy atom. The van der Waals surface area contributed by atoms with Gasteiger partial charge in [-0.2, -0.15) is 0 Å². The summed E-state index contributed by atoms with van der Waals surface area (Å²) in [6, 6.07) is 0. The molecule has 0 amide bonds. The zero-order chi connectivity index (χ0) is 7.98. The van der Waals surface area contributed by atoms with E-state index in [1.807, 2.05) is 0 Å². The Bertz CT molecular complexity index is 93.6. The fourth-order valence-electron chi connectivity index (χ4n) is 0.776. The quantitative estimate of drug-likeness (QED) is 0.592. The monoisotopic (exact) mass is 149 g/mol. The van der Waals surface area contributed by atoms with Crippen molar-refractivity contribution in [3.63, 3.8) is 0 Å². The van der Waals surface area contributed by atoms with Crippen LogP contribution in [-0.4, -0.2) is 13.0 Å². The van der Waals surface area contributed by atoms with Gasteiger partial charge in [-0.15, -0.1) is 6.58 Å². The molecule has 10 heavy (non-hydrogen) atoms. The Labute approximate surface area is 59.9 Å². The minimum Gasteiger partial charge on any atom is -0.330 e. The highest BCUT2D eigenvalue weighted by atomic mass is 19.3. The number of allylic oxidation sites excluding steroid dienone is 1. The lowest BCUT2D eigenvalue weighted by Gasteiger charge is -2.10. The Balaban J connectivity index is 3.48. The summed E-state index contributed by atoms with van der Waals surface area (Å²) in [5, 5.41) is 0. The SMILES string of the molecule is C=CCC(CN)CC(F)F. The largest absolute Gasteiger partial charge is 0.330 e. The van der Waals surface area contributed by atoms with Gasteiger partial charge in [-0.05, 0) is 18.9 Å². The Kier molecular flexibility index (Phi) is 5.12. The Hall–Kier alpha value is -0.440. The molecule has 0 aliphatic carbocycles. The van der Waals surface area contributed by atoms with E-state index < -0.39 is 6.43 Å². The highest BCUT2D eigenvalue weighted by Gasteiger charge is 2.11. The molecule has 0 aromatic heterocycles. The van der Waals surface area contributed by atoms with E-state index in [9.17, 15) is 8.78 Å². The van der Waals surface area contributed by atoms with Crippen LogP contribution in [0.25, 0.3) is 0 Å². The van der Waals surface area contributed by atoms with Crippen molar-refractivity contribution in [1.29, 1.82) is 0 Å². The van der Waals surface area contributed by atoms with E-state index in [4.69, 9.17) is 5.73 Å². The molecule has 0 fully saturated rings. The van der Waals surface area contributed by atoms with Crippen molar-refractivity contribution in [3.8, 4) is 0 Å². The number of hydrogen-bond donors (Lipinski definition) is 1. The first-order valence-corrected chi connectivity index (χ1v) is 3.29. The molecule has 0 aromatic rings. The van der Waals surface area contributed by atoms with Gasteiger partial charge in [0.15, 0.2) is 0 Å². The van der Waals surface area contributed by atoms with E-state index in [0.717, 1.165) is 0 Å². The smallest absolute Gasteiger partial charge is 0.239 e. The van der Waals surface area contributed by atoms with Crippen molar-refractivity contribution in [2.45, 2.75) is 19.3 Å². The van der Waals surface area contributed by atoms with Crippen LogP contribution in [0.1, 0.15) is 12.8 Å². The molecule has 60 valence electrons. The van der Waals surface area contributed by atoms with E-state index in [1.165, 1.54) is 0 Å².